The normalized spacial score (nSPS) is 24.8. The molecule has 0 bridgehead atoms. The highest BCUT2D eigenvalue weighted by Gasteiger charge is 2.59. The lowest BCUT2D eigenvalue weighted by molar-refractivity contribution is -0.355. The lowest BCUT2D eigenvalue weighted by atomic mass is 9.96. The van der Waals surface area contributed by atoms with Crippen LogP contribution in [-0.2, 0) is 76.1 Å². The van der Waals surface area contributed by atoms with Crippen molar-refractivity contribution < 1.29 is 80.9 Å². The summed E-state index contributed by atoms with van der Waals surface area (Å²) < 4.78 is 63.7. The Bertz CT molecular complexity index is 2260. The maximum Gasteiger partial charge on any atom is 0.338 e. The van der Waals surface area contributed by atoms with E-state index in [0.29, 0.717) is 0 Å². The fourth-order valence-electron chi connectivity index (χ4n) is 8.31. The van der Waals surface area contributed by atoms with Crippen LogP contribution in [0.4, 0.5) is 0 Å². The van der Waals surface area contributed by atoms with Gasteiger partial charge in [-0.2, -0.15) is 0 Å². The molecule has 22 heteroatoms. The third kappa shape index (κ3) is 14.3. The molecule has 2 fully saturated rings. The third-order valence-electron chi connectivity index (χ3n) is 11.3. The second-order valence-corrected chi connectivity index (χ2v) is 24.4. The highest BCUT2D eigenvalue weighted by molar-refractivity contribution is 7.04. The van der Waals surface area contributed by atoms with Crippen molar-refractivity contribution in [2.24, 2.45) is 0 Å². The third-order valence-corrected chi connectivity index (χ3v) is 17.6. The van der Waals surface area contributed by atoms with Gasteiger partial charge in [0.2, 0.25) is 12.2 Å². The van der Waals surface area contributed by atoms with Gasteiger partial charge in [-0.1, -0.05) is 145 Å². The minimum Gasteiger partial charge on any atom is -0.463 e. The van der Waals surface area contributed by atoms with Gasteiger partial charge in [0.05, 0.1) is 12.2 Å². The van der Waals surface area contributed by atoms with E-state index in [1.165, 1.54) is 12.1 Å². The molecule has 0 unspecified atom stereocenters. The Morgan fingerprint density at radius 3 is 1.44 bits per heavy atom. The van der Waals surface area contributed by atoms with Gasteiger partial charge in [0.15, 0.2) is 36.8 Å². The first kappa shape index (κ1) is 55.8. The zero-order chi connectivity index (χ0) is 51.6. The maximum absolute atomic E-state index is 14.2. The second kappa shape index (κ2) is 24.3. The van der Waals surface area contributed by atoms with E-state index in [9.17, 15) is 28.8 Å². The molecule has 0 amide bonds. The molecule has 2 saturated heterocycles. The van der Waals surface area contributed by atoms with Gasteiger partial charge in [-0.3, -0.25) is 29.4 Å². The van der Waals surface area contributed by atoms with Crippen LogP contribution in [0.2, 0.25) is 5.04 Å². The van der Waals surface area contributed by atoms with Gasteiger partial charge in [0, 0.05) is 40.8 Å². The standard InChI is InChI=1S/C48H56Cl3NO17Si/c1-27(53)60-25-36-37(61-28(2)54)39(62-29(3)55)41(63-30(4)56)44(66-36)68-40-38(67-43(58)32-18-12-9-13-19-32)35(65-45(42(40)64-31(5)57)69-46(52)48(49,50)51)24-59-26-70(47(6,7)8,33-20-14-10-15-21-33)34-22-16-11-17-23-34/h9-23,35-42,44-45,52H,24-26H2,1-8H3/t35-,36-,37+,38+,39+,40+,41-,42-,44+,45+/m1/s1. The number of halogens is 3. The Labute approximate surface area is 421 Å². The average Bonchev–Trinajstić information content (AvgIpc) is 3.28. The number of nitrogens with one attached hydrogen (secondary N) is 1. The summed E-state index contributed by atoms with van der Waals surface area (Å²) in [6.07, 6.45) is -17.2. The van der Waals surface area contributed by atoms with Crippen molar-refractivity contribution in [3.8, 4) is 0 Å². The number of benzene rings is 3. The minimum atomic E-state index is -2.97. The van der Waals surface area contributed by atoms with Crippen LogP contribution in [0.3, 0.4) is 0 Å². The van der Waals surface area contributed by atoms with Crippen molar-refractivity contribution in [2.45, 2.75) is 126 Å². The predicted octanol–water partition coefficient (Wildman–Crippen LogP) is 5.32. The van der Waals surface area contributed by atoms with Crippen molar-refractivity contribution >= 4 is 95.0 Å². The number of hydrogen-bond donors (Lipinski definition) is 1. The van der Waals surface area contributed by atoms with Gasteiger partial charge in [0.25, 0.3) is 3.79 Å². The molecule has 2 aliphatic heterocycles. The Kier molecular flexibility index (Phi) is 19.4. The van der Waals surface area contributed by atoms with E-state index in [2.05, 4.69) is 20.8 Å². The molecule has 70 heavy (non-hydrogen) atoms. The minimum absolute atomic E-state index is 0.0703. The van der Waals surface area contributed by atoms with E-state index in [4.69, 9.17) is 92.3 Å². The highest BCUT2D eigenvalue weighted by atomic mass is 35.6. The van der Waals surface area contributed by atoms with Crippen LogP contribution in [0, 0.1) is 5.41 Å². The zero-order valence-corrected chi connectivity index (χ0v) is 42.9. The van der Waals surface area contributed by atoms with Crippen molar-refractivity contribution in [3.05, 3.63) is 96.6 Å². The molecule has 0 aliphatic carbocycles. The number of hydrogen-bond acceptors (Lipinski definition) is 18. The van der Waals surface area contributed by atoms with E-state index < -0.39 is 133 Å². The molecule has 5 rings (SSSR count). The SMILES string of the molecule is CC(=O)OC[C@H]1O[C@@H](O[C@H]2[C@@H](OC(=O)c3ccccc3)[C@@H](COC[Si](c3ccccc3)(c3ccccc3)C(C)(C)C)O[C@@H](OC(=N)C(Cl)(Cl)Cl)[C@@H]2OC(C)=O)[C@H](OC(C)=O)[C@@H](OC(C)=O)[C@H]1OC(C)=O. The van der Waals surface area contributed by atoms with E-state index in [-0.39, 0.29) is 11.8 Å². The van der Waals surface area contributed by atoms with Gasteiger partial charge >= 0.3 is 35.8 Å². The summed E-state index contributed by atoms with van der Waals surface area (Å²) >= 11 is 18.3. The first-order chi connectivity index (χ1) is 32.9. The van der Waals surface area contributed by atoms with Crippen molar-refractivity contribution in [1.82, 2.24) is 0 Å². The molecular formula is C48H56Cl3NO17Si. The van der Waals surface area contributed by atoms with Gasteiger partial charge in [-0.15, -0.1) is 0 Å². The Balaban J connectivity index is 1.71. The largest absolute Gasteiger partial charge is 0.463 e. The quantitative estimate of drug-likeness (QED) is 0.0451. The summed E-state index contributed by atoms with van der Waals surface area (Å²) in [5, 5.41) is 10.3. The number of esters is 6. The van der Waals surface area contributed by atoms with E-state index >= 15 is 0 Å². The first-order valence-corrected chi connectivity index (χ1v) is 25.3. The Morgan fingerprint density at radius 1 is 0.543 bits per heavy atom. The van der Waals surface area contributed by atoms with Crippen molar-refractivity contribution in [3.63, 3.8) is 0 Å². The molecule has 0 saturated carbocycles. The average molecular weight is 1050 g/mol. The van der Waals surface area contributed by atoms with Crippen molar-refractivity contribution in [1.29, 1.82) is 5.41 Å². The van der Waals surface area contributed by atoms with Gasteiger partial charge < -0.3 is 52.1 Å². The van der Waals surface area contributed by atoms with Gasteiger partial charge in [-0.25, -0.2) is 4.79 Å². The zero-order valence-electron chi connectivity index (χ0n) is 39.6. The maximum atomic E-state index is 14.2. The van der Waals surface area contributed by atoms with Crippen LogP contribution in [0.5, 0.6) is 0 Å². The molecule has 0 radical (unpaired) electrons. The van der Waals surface area contributed by atoms with Crippen LogP contribution in [0.15, 0.2) is 91.0 Å². The molecule has 380 valence electrons. The molecule has 10 atom stereocenters. The topological polar surface area (TPSA) is 228 Å². The number of carbonyl (C=O) groups is 6. The summed E-state index contributed by atoms with van der Waals surface area (Å²) in [6, 6.07) is 27.6. The molecule has 2 heterocycles. The summed E-state index contributed by atoms with van der Waals surface area (Å²) in [5.74, 6) is -6.42. The molecule has 0 spiro atoms. The second-order valence-electron chi connectivity index (χ2n) is 17.4. The van der Waals surface area contributed by atoms with Crippen molar-refractivity contribution in [2.75, 3.05) is 19.4 Å². The summed E-state index contributed by atoms with van der Waals surface area (Å²) in [7, 11) is -2.97. The molecule has 2 aliphatic rings. The molecule has 1 N–H and O–H groups in total. The molecule has 3 aromatic rings. The first-order valence-electron chi connectivity index (χ1n) is 22.0. The van der Waals surface area contributed by atoms with Crippen LogP contribution >= 0.6 is 34.8 Å². The van der Waals surface area contributed by atoms with E-state index in [0.717, 1.165) is 45.0 Å². The van der Waals surface area contributed by atoms with Crippen LogP contribution in [-0.4, -0.2) is 134 Å². The smallest absolute Gasteiger partial charge is 0.338 e. The van der Waals surface area contributed by atoms with Crippen LogP contribution in [0.1, 0.15) is 65.7 Å². The predicted molar refractivity (Wildman–Crippen MR) is 254 cm³/mol. The number of rotatable bonds is 17. The summed E-state index contributed by atoms with van der Waals surface area (Å²) in [5.41, 5.74) is 0.0703. The lowest BCUT2D eigenvalue weighted by Crippen LogP contribution is -2.69. The number of alkyl halides is 3. The van der Waals surface area contributed by atoms with Gasteiger partial charge in [-0.05, 0) is 17.2 Å². The fourth-order valence-corrected chi connectivity index (χ4v) is 13.2. The monoisotopic (exact) mass is 1050 g/mol. The molecule has 0 aromatic heterocycles. The fraction of sp³-hybridized carbons (Fsp3) is 0.479. The van der Waals surface area contributed by atoms with Gasteiger partial charge in [0.1, 0.15) is 33.0 Å². The highest BCUT2D eigenvalue weighted by Crippen LogP contribution is 2.39. The molecular weight excluding hydrogens is 997 g/mol. The summed E-state index contributed by atoms with van der Waals surface area (Å²) in [4.78, 5) is 77.6. The van der Waals surface area contributed by atoms with Crippen LogP contribution in [0.25, 0.3) is 0 Å². The Morgan fingerprint density at radius 2 is 0.971 bits per heavy atom. The number of ether oxygens (including phenoxy) is 11. The van der Waals surface area contributed by atoms with Crippen LogP contribution < -0.4 is 10.4 Å². The molecule has 18 nitrogen and oxygen atoms in total. The van der Waals surface area contributed by atoms with E-state index in [1.807, 2.05) is 60.7 Å². The Hall–Kier alpha value is -5.12. The number of carbonyl (C=O) groups excluding carboxylic acids is 6. The summed E-state index contributed by atoms with van der Waals surface area (Å²) in [6.45, 7) is 10.6. The lowest BCUT2D eigenvalue weighted by Gasteiger charge is -2.49. The molecule has 3 aromatic carbocycles. The van der Waals surface area contributed by atoms with E-state index in [1.54, 1.807) is 18.2 Å².